The van der Waals surface area contributed by atoms with Gasteiger partial charge in [0.1, 0.15) is 5.75 Å². The molecule has 0 atom stereocenters. The third kappa shape index (κ3) is 6.55. The number of carbonyl (C=O) groups is 1. The van der Waals surface area contributed by atoms with Crippen molar-refractivity contribution < 1.29 is 18.3 Å². The molecule has 0 aliphatic rings. The lowest BCUT2D eigenvalue weighted by molar-refractivity contribution is -0.0498. The molecular formula is C19H22F2N2O2S. The Morgan fingerprint density at radius 3 is 2.31 bits per heavy atom. The van der Waals surface area contributed by atoms with Crippen molar-refractivity contribution in [3.05, 3.63) is 59.7 Å². The van der Waals surface area contributed by atoms with E-state index in [4.69, 9.17) is 0 Å². The maximum atomic E-state index is 12.1. The quantitative estimate of drug-likeness (QED) is 0.691. The summed E-state index contributed by atoms with van der Waals surface area (Å²) in [4.78, 5) is 14.9. The lowest BCUT2D eigenvalue weighted by atomic mass is 10.1. The molecule has 4 nitrogen and oxygen atoms in total. The Kier molecular flexibility index (Phi) is 7.72. The van der Waals surface area contributed by atoms with Gasteiger partial charge < -0.3 is 15.0 Å². The summed E-state index contributed by atoms with van der Waals surface area (Å²) in [5.74, 6) is 0.125. The molecule has 0 bridgehead atoms. The summed E-state index contributed by atoms with van der Waals surface area (Å²) in [5.41, 5.74) is 2.00. The number of rotatable bonds is 8. The molecule has 0 spiro atoms. The van der Waals surface area contributed by atoms with Crippen LogP contribution in [0.4, 0.5) is 13.6 Å². The lowest BCUT2D eigenvalue weighted by Crippen LogP contribution is -2.37. The van der Waals surface area contributed by atoms with E-state index in [2.05, 4.69) is 10.1 Å². The zero-order valence-corrected chi connectivity index (χ0v) is 15.6. The molecule has 2 amide bonds. The van der Waals surface area contributed by atoms with Gasteiger partial charge in [-0.2, -0.15) is 8.78 Å². The smallest absolute Gasteiger partial charge is 0.387 e. The van der Waals surface area contributed by atoms with Crippen molar-refractivity contribution in [3.8, 4) is 5.75 Å². The van der Waals surface area contributed by atoms with E-state index in [1.165, 1.54) is 17.0 Å². The molecule has 0 saturated heterocycles. The molecule has 2 aromatic carbocycles. The highest BCUT2D eigenvalue weighted by Crippen LogP contribution is 2.16. The van der Waals surface area contributed by atoms with Crippen molar-refractivity contribution in [2.24, 2.45) is 0 Å². The number of carbonyl (C=O) groups excluding carboxylic acids is 1. The Morgan fingerprint density at radius 1 is 1.12 bits per heavy atom. The maximum Gasteiger partial charge on any atom is 0.387 e. The van der Waals surface area contributed by atoms with Crippen LogP contribution in [0.25, 0.3) is 0 Å². The van der Waals surface area contributed by atoms with E-state index in [9.17, 15) is 13.6 Å². The van der Waals surface area contributed by atoms with Gasteiger partial charge in [-0.3, -0.25) is 0 Å². The van der Waals surface area contributed by atoms with Crippen LogP contribution < -0.4 is 10.1 Å². The Balaban J connectivity index is 1.74. The number of nitrogens with zero attached hydrogens (tertiary/aromatic N) is 1. The summed E-state index contributed by atoms with van der Waals surface area (Å²) in [6.07, 6.45) is 2.63. The van der Waals surface area contributed by atoms with Gasteiger partial charge in [0, 0.05) is 25.0 Å². The predicted octanol–water partition coefficient (Wildman–Crippen LogP) is 4.39. The second kappa shape index (κ2) is 10.0. The Labute approximate surface area is 156 Å². The highest BCUT2D eigenvalue weighted by molar-refractivity contribution is 7.98. The molecule has 0 radical (unpaired) electrons. The molecule has 140 valence electrons. The number of thioether (sulfide) groups is 1. The molecule has 1 N–H and O–H groups in total. The van der Waals surface area contributed by atoms with E-state index in [0.29, 0.717) is 19.5 Å². The van der Waals surface area contributed by atoms with Gasteiger partial charge in [0.25, 0.3) is 0 Å². The number of hydrogen-bond acceptors (Lipinski definition) is 3. The van der Waals surface area contributed by atoms with Gasteiger partial charge in [-0.15, -0.1) is 11.8 Å². The third-order valence-electron chi connectivity index (χ3n) is 3.76. The fourth-order valence-corrected chi connectivity index (χ4v) is 2.77. The SMILES string of the molecule is CSc1ccc(CN(C)C(=O)NCCc2ccc(OC(F)F)cc2)cc1. The topological polar surface area (TPSA) is 41.6 Å². The van der Waals surface area contributed by atoms with E-state index in [-0.39, 0.29) is 11.8 Å². The molecule has 7 heteroatoms. The Morgan fingerprint density at radius 2 is 1.73 bits per heavy atom. The molecule has 0 aromatic heterocycles. The number of amides is 2. The first-order valence-corrected chi connectivity index (χ1v) is 9.36. The second-order valence-corrected chi connectivity index (χ2v) is 6.59. The number of halogens is 2. The molecule has 26 heavy (non-hydrogen) atoms. The van der Waals surface area contributed by atoms with Gasteiger partial charge in [-0.1, -0.05) is 24.3 Å². The van der Waals surface area contributed by atoms with Gasteiger partial charge in [0.2, 0.25) is 0 Å². The molecule has 0 aliphatic carbocycles. The van der Waals surface area contributed by atoms with Crippen molar-refractivity contribution in [1.29, 1.82) is 0 Å². The van der Waals surface area contributed by atoms with E-state index in [1.54, 1.807) is 35.8 Å². The minimum Gasteiger partial charge on any atom is -0.435 e. The Hall–Kier alpha value is -2.28. The van der Waals surface area contributed by atoms with E-state index >= 15 is 0 Å². The van der Waals surface area contributed by atoms with Crippen LogP contribution in [0.15, 0.2) is 53.4 Å². The zero-order chi connectivity index (χ0) is 18.9. The maximum absolute atomic E-state index is 12.1. The first-order valence-electron chi connectivity index (χ1n) is 8.13. The van der Waals surface area contributed by atoms with Gasteiger partial charge in [0.05, 0.1) is 0 Å². The van der Waals surface area contributed by atoms with E-state index in [0.717, 1.165) is 11.1 Å². The molecule has 0 fully saturated rings. The fraction of sp³-hybridized carbons (Fsp3) is 0.316. The molecule has 0 aliphatic heterocycles. The van der Waals surface area contributed by atoms with Gasteiger partial charge >= 0.3 is 12.6 Å². The zero-order valence-electron chi connectivity index (χ0n) is 14.7. The minimum atomic E-state index is -2.83. The van der Waals surface area contributed by atoms with Crippen LogP contribution in [0.1, 0.15) is 11.1 Å². The number of hydrogen-bond donors (Lipinski definition) is 1. The van der Waals surface area contributed by atoms with Crippen molar-refractivity contribution in [2.45, 2.75) is 24.5 Å². The highest BCUT2D eigenvalue weighted by atomic mass is 32.2. The summed E-state index contributed by atoms with van der Waals surface area (Å²) in [5, 5.41) is 2.85. The van der Waals surface area contributed by atoms with Crippen molar-refractivity contribution in [1.82, 2.24) is 10.2 Å². The van der Waals surface area contributed by atoms with Crippen LogP contribution >= 0.6 is 11.8 Å². The van der Waals surface area contributed by atoms with E-state index < -0.39 is 6.61 Å². The first kappa shape index (κ1) is 20.0. The summed E-state index contributed by atoms with van der Waals surface area (Å²) in [6, 6.07) is 14.3. The molecule has 0 heterocycles. The molecule has 2 aromatic rings. The van der Waals surface area contributed by atoms with Crippen LogP contribution in [0.3, 0.4) is 0 Å². The average Bonchev–Trinajstić information content (AvgIpc) is 2.63. The number of benzene rings is 2. The predicted molar refractivity (Wildman–Crippen MR) is 99.9 cm³/mol. The van der Waals surface area contributed by atoms with Crippen molar-refractivity contribution in [3.63, 3.8) is 0 Å². The standard InChI is InChI=1S/C19H22F2N2O2S/c1-23(13-15-5-9-17(26-2)10-6-15)19(24)22-12-11-14-3-7-16(8-4-14)25-18(20)21/h3-10,18H,11-13H2,1-2H3,(H,22,24). The van der Waals surface area contributed by atoms with Crippen molar-refractivity contribution in [2.75, 3.05) is 19.8 Å². The summed E-state index contributed by atoms with van der Waals surface area (Å²) < 4.78 is 28.5. The van der Waals surface area contributed by atoms with Crippen molar-refractivity contribution >= 4 is 17.8 Å². The van der Waals surface area contributed by atoms with Gasteiger partial charge in [-0.05, 0) is 48.1 Å². The summed E-state index contributed by atoms with van der Waals surface area (Å²) >= 11 is 1.68. The van der Waals surface area contributed by atoms with E-state index in [1.807, 2.05) is 30.5 Å². The summed E-state index contributed by atoms with van der Waals surface area (Å²) in [7, 11) is 1.74. The van der Waals surface area contributed by atoms with Crippen LogP contribution in [-0.2, 0) is 13.0 Å². The first-order chi connectivity index (χ1) is 12.5. The normalized spacial score (nSPS) is 10.7. The monoisotopic (exact) mass is 380 g/mol. The van der Waals surface area contributed by atoms with Gasteiger partial charge in [0.15, 0.2) is 0 Å². The van der Waals surface area contributed by atoms with Gasteiger partial charge in [-0.25, -0.2) is 4.79 Å². The fourth-order valence-electron chi connectivity index (χ4n) is 2.36. The largest absolute Gasteiger partial charge is 0.435 e. The number of urea groups is 1. The molecule has 0 unspecified atom stereocenters. The lowest BCUT2D eigenvalue weighted by Gasteiger charge is -2.18. The summed E-state index contributed by atoms with van der Waals surface area (Å²) in [6.45, 7) is -1.84. The van der Waals surface area contributed by atoms with Crippen LogP contribution in [0, 0.1) is 0 Å². The average molecular weight is 380 g/mol. The minimum absolute atomic E-state index is 0.125. The molecule has 2 rings (SSSR count). The number of ether oxygens (including phenoxy) is 1. The highest BCUT2D eigenvalue weighted by Gasteiger charge is 2.09. The number of nitrogens with one attached hydrogen (secondary N) is 1. The second-order valence-electron chi connectivity index (χ2n) is 5.71. The number of alkyl halides is 2. The third-order valence-corrected chi connectivity index (χ3v) is 4.51. The molecule has 0 saturated carbocycles. The van der Waals surface area contributed by atoms with Crippen LogP contribution in [0.2, 0.25) is 0 Å². The van der Waals surface area contributed by atoms with Crippen LogP contribution in [-0.4, -0.2) is 37.4 Å². The molecular weight excluding hydrogens is 358 g/mol. The van der Waals surface area contributed by atoms with Crippen LogP contribution in [0.5, 0.6) is 5.75 Å². The Bertz CT molecular complexity index is 694.